The third-order valence-corrected chi connectivity index (χ3v) is 6.14. The van der Waals surface area contributed by atoms with Crippen molar-refractivity contribution < 1.29 is 9.21 Å². The molecule has 168 valence electrons. The minimum Gasteiger partial charge on any atom is -0.440 e. The highest BCUT2D eigenvalue weighted by molar-refractivity contribution is 5.85. The summed E-state index contributed by atoms with van der Waals surface area (Å²) in [6.07, 6.45) is 5.95. The zero-order valence-corrected chi connectivity index (χ0v) is 19.5. The Bertz CT molecular complexity index is 1120. The van der Waals surface area contributed by atoms with E-state index in [1.54, 1.807) is 12.4 Å². The van der Waals surface area contributed by atoms with Gasteiger partial charge in [0.2, 0.25) is 5.95 Å². The molecule has 7 nitrogen and oxygen atoms in total. The van der Waals surface area contributed by atoms with Gasteiger partial charge in [-0.15, -0.1) is 0 Å². The Kier molecular flexibility index (Phi) is 6.11. The topological polar surface area (TPSA) is 84.2 Å². The number of nitrogens with one attached hydrogen (secondary N) is 1. The standard InChI is InChI=1S/C25H31N5O2/c1-16-9-10-26-24(28-16)29-19-12-17(15-30(4)5)11-18(13-19)21-14-27-23(32-21)20-7-6-8-22(31)25(20,2)3/h9-14,20H,6-8,15H2,1-5H3,(H,26,28,29). The van der Waals surface area contributed by atoms with Crippen molar-refractivity contribution in [1.29, 1.82) is 0 Å². The molecule has 7 heteroatoms. The van der Waals surface area contributed by atoms with Crippen LogP contribution in [0.4, 0.5) is 11.6 Å². The van der Waals surface area contributed by atoms with Gasteiger partial charge in [0, 0.05) is 47.4 Å². The van der Waals surface area contributed by atoms with E-state index in [-0.39, 0.29) is 11.7 Å². The van der Waals surface area contributed by atoms with E-state index in [2.05, 4.69) is 37.3 Å². The van der Waals surface area contributed by atoms with E-state index in [4.69, 9.17) is 4.42 Å². The average Bonchev–Trinajstić information content (AvgIpc) is 3.19. The maximum absolute atomic E-state index is 12.5. The molecule has 0 radical (unpaired) electrons. The quantitative estimate of drug-likeness (QED) is 0.578. The smallest absolute Gasteiger partial charge is 0.227 e. The summed E-state index contributed by atoms with van der Waals surface area (Å²) in [6.45, 7) is 6.73. The molecular weight excluding hydrogens is 402 g/mol. The Balaban J connectivity index is 1.67. The van der Waals surface area contributed by atoms with Gasteiger partial charge in [0.1, 0.15) is 5.78 Å². The van der Waals surface area contributed by atoms with E-state index in [0.29, 0.717) is 24.0 Å². The van der Waals surface area contributed by atoms with E-state index in [0.717, 1.165) is 41.9 Å². The number of aryl methyl sites for hydroxylation is 1. The molecule has 2 heterocycles. The van der Waals surface area contributed by atoms with Gasteiger partial charge in [0.05, 0.1) is 6.20 Å². The van der Waals surface area contributed by atoms with E-state index in [1.807, 2.05) is 47.0 Å². The molecule has 2 aromatic heterocycles. The molecule has 1 N–H and O–H groups in total. The third kappa shape index (κ3) is 4.72. The summed E-state index contributed by atoms with van der Waals surface area (Å²) in [5, 5.41) is 3.31. The normalized spacial score (nSPS) is 18.2. The van der Waals surface area contributed by atoms with Crippen LogP contribution in [-0.4, -0.2) is 39.7 Å². The van der Waals surface area contributed by atoms with Crippen molar-refractivity contribution in [2.45, 2.75) is 52.5 Å². The molecule has 3 aromatic rings. The summed E-state index contributed by atoms with van der Waals surface area (Å²) in [4.78, 5) is 27.9. The zero-order chi connectivity index (χ0) is 22.9. The van der Waals surface area contributed by atoms with Crippen LogP contribution >= 0.6 is 0 Å². The van der Waals surface area contributed by atoms with E-state index in [9.17, 15) is 4.79 Å². The van der Waals surface area contributed by atoms with Crippen LogP contribution < -0.4 is 5.32 Å². The fourth-order valence-electron chi connectivity index (χ4n) is 4.36. The summed E-state index contributed by atoms with van der Waals surface area (Å²) in [5.74, 6) is 2.18. The third-order valence-electron chi connectivity index (χ3n) is 6.14. The van der Waals surface area contributed by atoms with Crippen LogP contribution in [0.25, 0.3) is 11.3 Å². The fraction of sp³-hybridized carbons (Fsp3) is 0.440. The van der Waals surface area contributed by atoms with E-state index >= 15 is 0 Å². The number of anilines is 2. The lowest BCUT2D eigenvalue weighted by Gasteiger charge is -2.34. The molecular formula is C25H31N5O2. The SMILES string of the molecule is Cc1ccnc(Nc2cc(CN(C)C)cc(-c3cnc(C4CCCC(=O)C4(C)C)o3)c2)n1. The Morgan fingerprint density at radius 3 is 2.78 bits per heavy atom. The van der Waals surface area contributed by atoms with Gasteiger partial charge in [-0.3, -0.25) is 4.79 Å². The van der Waals surface area contributed by atoms with Gasteiger partial charge in [-0.05, 0) is 63.7 Å². The molecule has 1 atom stereocenters. The van der Waals surface area contributed by atoms with Crippen LogP contribution in [0.1, 0.15) is 56.2 Å². The molecule has 0 amide bonds. The second kappa shape index (κ2) is 8.82. The molecule has 1 aliphatic rings. The van der Waals surface area contributed by atoms with Crippen LogP contribution in [0.3, 0.4) is 0 Å². The molecule has 0 saturated heterocycles. The number of ketones is 1. The van der Waals surface area contributed by atoms with Crippen LogP contribution in [0.2, 0.25) is 0 Å². The van der Waals surface area contributed by atoms with Gasteiger partial charge >= 0.3 is 0 Å². The Labute approximate surface area is 189 Å². The van der Waals surface area contributed by atoms with Gasteiger partial charge in [-0.2, -0.15) is 0 Å². The number of oxazole rings is 1. The maximum Gasteiger partial charge on any atom is 0.227 e. The molecule has 4 rings (SSSR count). The van der Waals surface area contributed by atoms with Gasteiger partial charge in [-0.1, -0.05) is 13.8 Å². The summed E-state index contributed by atoms with van der Waals surface area (Å²) in [5.41, 5.74) is 3.39. The first-order valence-corrected chi connectivity index (χ1v) is 11.1. The van der Waals surface area contributed by atoms with Crippen LogP contribution in [0.5, 0.6) is 0 Å². The summed E-state index contributed by atoms with van der Waals surface area (Å²) < 4.78 is 6.24. The molecule has 1 fully saturated rings. The molecule has 0 bridgehead atoms. The van der Waals surface area contributed by atoms with Crippen molar-refractivity contribution in [2.75, 3.05) is 19.4 Å². The number of benzene rings is 1. The maximum atomic E-state index is 12.5. The number of hydrogen-bond acceptors (Lipinski definition) is 7. The van der Waals surface area contributed by atoms with Crippen molar-refractivity contribution in [3.05, 3.63) is 53.8 Å². The molecule has 1 aromatic carbocycles. The van der Waals surface area contributed by atoms with Crippen LogP contribution in [0.15, 0.2) is 41.1 Å². The lowest BCUT2D eigenvalue weighted by atomic mass is 9.68. The van der Waals surface area contributed by atoms with Gasteiger partial charge in [0.25, 0.3) is 0 Å². The summed E-state index contributed by atoms with van der Waals surface area (Å²) in [7, 11) is 4.08. The molecule has 0 spiro atoms. The minimum absolute atomic E-state index is 0.000692. The second-order valence-corrected chi connectivity index (χ2v) is 9.46. The first kappa shape index (κ1) is 22.1. The fourth-order valence-corrected chi connectivity index (χ4v) is 4.36. The Morgan fingerprint density at radius 1 is 1.22 bits per heavy atom. The van der Waals surface area contributed by atoms with E-state index in [1.165, 1.54) is 0 Å². The number of rotatable bonds is 6. The zero-order valence-electron chi connectivity index (χ0n) is 19.5. The van der Waals surface area contributed by atoms with Crippen LogP contribution in [0, 0.1) is 12.3 Å². The van der Waals surface area contributed by atoms with Crippen molar-refractivity contribution in [3.8, 4) is 11.3 Å². The van der Waals surface area contributed by atoms with Gasteiger partial charge < -0.3 is 14.6 Å². The molecule has 1 saturated carbocycles. The second-order valence-electron chi connectivity index (χ2n) is 9.46. The van der Waals surface area contributed by atoms with Gasteiger partial charge in [0.15, 0.2) is 11.7 Å². The molecule has 0 aliphatic heterocycles. The van der Waals surface area contributed by atoms with Crippen molar-refractivity contribution >= 4 is 17.4 Å². The largest absolute Gasteiger partial charge is 0.440 e. The molecule has 32 heavy (non-hydrogen) atoms. The first-order chi connectivity index (χ1) is 15.2. The summed E-state index contributed by atoms with van der Waals surface area (Å²) >= 11 is 0. The van der Waals surface area contributed by atoms with E-state index < -0.39 is 5.41 Å². The monoisotopic (exact) mass is 433 g/mol. The first-order valence-electron chi connectivity index (χ1n) is 11.1. The van der Waals surface area contributed by atoms with Crippen molar-refractivity contribution in [1.82, 2.24) is 19.9 Å². The van der Waals surface area contributed by atoms with Crippen molar-refractivity contribution in [2.24, 2.45) is 5.41 Å². The Morgan fingerprint density at radius 2 is 2.03 bits per heavy atom. The highest BCUT2D eigenvalue weighted by Crippen LogP contribution is 2.45. The summed E-state index contributed by atoms with van der Waals surface area (Å²) in [6, 6.07) is 8.10. The number of carbonyl (C=O) groups excluding carboxylic acids is 1. The van der Waals surface area contributed by atoms with Gasteiger partial charge in [-0.25, -0.2) is 15.0 Å². The number of aromatic nitrogens is 3. The number of hydrogen-bond donors (Lipinski definition) is 1. The highest BCUT2D eigenvalue weighted by atomic mass is 16.4. The van der Waals surface area contributed by atoms with Crippen LogP contribution in [-0.2, 0) is 11.3 Å². The lowest BCUT2D eigenvalue weighted by Crippen LogP contribution is -2.35. The highest BCUT2D eigenvalue weighted by Gasteiger charge is 2.42. The molecule has 1 unspecified atom stereocenters. The predicted molar refractivity (Wildman–Crippen MR) is 125 cm³/mol. The lowest BCUT2D eigenvalue weighted by molar-refractivity contribution is -0.130. The number of Topliss-reactive ketones (excluding diaryl/α,β-unsaturated/α-hetero) is 1. The number of carbonyl (C=O) groups is 1. The number of nitrogens with zero attached hydrogens (tertiary/aromatic N) is 4. The van der Waals surface area contributed by atoms with Crippen molar-refractivity contribution in [3.63, 3.8) is 0 Å². The predicted octanol–water partition coefficient (Wildman–Crippen LogP) is 5.11. The molecule has 1 aliphatic carbocycles. The Hall–Kier alpha value is -3.06. The minimum atomic E-state index is -0.456. The average molecular weight is 434 g/mol.